The summed E-state index contributed by atoms with van der Waals surface area (Å²) in [7, 11) is 0. The number of fused-ring (bicyclic) bond motifs is 1. The Hall–Kier alpha value is -4.66. The van der Waals surface area contributed by atoms with Gasteiger partial charge in [0.2, 0.25) is 5.91 Å². The number of primary amides is 1. The Balaban J connectivity index is 1.45. The van der Waals surface area contributed by atoms with Gasteiger partial charge in [-0.25, -0.2) is 18.7 Å². The molecule has 196 valence electrons. The molecule has 1 aliphatic heterocycles. The summed E-state index contributed by atoms with van der Waals surface area (Å²) < 4.78 is 30.6. The number of carbonyl (C=O) groups excluding carboxylic acids is 2. The molecule has 0 bridgehead atoms. The molecule has 2 N–H and O–H groups in total. The summed E-state index contributed by atoms with van der Waals surface area (Å²) in [4.78, 5) is 42.3. The fourth-order valence-electron chi connectivity index (χ4n) is 4.53. The van der Waals surface area contributed by atoms with Crippen LogP contribution in [0.15, 0.2) is 66.0 Å². The number of hydrogen-bond acceptors (Lipinski definition) is 6. The maximum absolute atomic E-state index is 15.7. The minimum Gasteiger partial charge on any atom is -0.369 e. The van der Waals surface area contributed by atoms with E-state index in [0.29, 0.717) is 40.2 Å². The molecule has 0 atom stereocenters. The van der Waals surface area contributed by atoms with Gasteiger partial charge in [-0.2, -0.15) is 0 Å². The number of aliphatic imine (C=N–C) groups is 1. The van der Waals surface area contributed by atoms with E-state index in [1.807, 2.05) is 0 Å². The topological polar surface area (TPSA) is 111 Å². The van der Waals surface area contributed by atoms with Crippen molar-refractivity contribution in [3.63, 3.8) is 0 Å². The van der Waals surface area contributed by atoms with E-state index in [4.69, 9.17) is 5.73 Å². The Morgan fingerprint density at radius 3 is 2.64 bits per heavy atom. The predicted octanol–water partition coefficient (Wildman–Crippen LogP) is 4.85. The number of aromatic nitrogens is 3. The summed E-state index contributed by atoms with van der Waals surface area (Å²) in [5.41, 5.74) is 8.22. The first-order valence-electron chi connectivity index (χ1n) is 12.4. The highest BCUT2D eigenvalue weighted by Crippen LogP contribution is 2.35. The van der Waals surface area contributed by atoms with Crippen LogP contribution in [0, 0.1) is 11.6 Å². The molecule has 0 saturated heterocycles. The van der Waals surface area contributed by atoms with Gasteiger partial charge >= 0.3 is 0 Å². The first-order chi connectivity index (χ1) is 18.7. The number of halogens is 2. The van der Waals surface area contributed by atoms with Crippen LogP contribution < -0.4 is 5.73 Å². The van der Waals surface area contributed by atoms with Crippen LogP contribution in [-0.4, -0.2) is 32.9 Å². The average molecular weight is 526 g/mol. The molecule has 0 saturated carbocycles. The maximum Gasteiger partial charge on any atom is 0.227 e. The van der Waals surface area contributed by atoms with Crippen LogP contribution >= 0.6 is 0 Å². The molecular weight excluding hydrogens is 500 g/mol. The van der Waals surface area contributed by atoms with Crippen molar-refractivity contribution in [2.24, 2.45) is 10.7 Å². The Kier molecular flexibility index (Phi) is 6.82. The van der Waals surface area contributed by atoms with Gasteiger partial charge in [0.25, 0.3) is 0 Å². The van der Waals surface area contributed by atoms with Crippen molar-refractivity contribution >= 4 is 23.6 Å². The van der Waals surface area contributed by atoms with Crippen LogP contribution in [0.3, 0.4) is 0 Å². The number of benzene rings is 2. The van der Waals surface area contributed by atoms with E-state index in [-0.39, 0.29) is 29.8 Å². The fraction of sp³-hybridized carbons (Fsp3) is 0.200. The number of nitrogens with two attached hydrogens (primary N) is 1. The van der Waals surface area contributed by atoms with E-state index in [9.17, 15) is 14.0 Å². The molecule has 0 radical (unpaired) electrons. The molecule has 5 rings (SSSR count). The van der Waals surface area contributed by atoms with Gasteiger partial charge in [0.1, 0.15) is 29.3 Å². The molecule has 0 aliphatic carbocycles. The summed E-state index contributed by atoms with van der Waals surface area (Å²) in [5, 5.41) is 0. The van der Waals surface area contributed by atoms with Crippen LogP contribution in [0.5, 0.6) is 0 Å². The zero-order valence-electron chi connectivity index (χ0n) is 21.4. The second kappa shape index (κ2) is 10.2. The molecule has 3 heterocycles. The van der Waals surface area contributed by atoms with Crippen LogP contribution in [-0.2, 0) is 29.5 Å². The smallest absolute Gasteiger partial charge is 0.227 e. The lowest BCUT2D eigenvalue weighted by Gasteiger charge is -2.21. The highest BCUT2D eigenvalue weighted by Gasteiger charge is 2.28. The quantitative estimate of drug-likeness (QED) is 0.331. The molecule has 7 nitrogen and oxygen atoms in total. The SMILES string of the molecule is CC(C)(C(N)=O)c1cccc(C(=O)Cc2ccc(F)c(Cc3ncccc3-c3ncnc4c3N=CC4)c2F)c1. The molecule has 0 unspecified atom stereocenters. The van der Waals surface area contributed by atoms with Crippen molar-refractivity contribution in [3.8, 4) is 11.3 Å². The maximum atomic E-state index is 15.7. The lowest BCUT2D eigenvalue weighted by atomic mass is 9.82. The van der Waals surface area contributed by atoms with Crippen molar-refractivity contribution < 1.29 is 18.4 Å². The van der Waals surface area contributed by atoms with Crippen LogP contribution in [0.25, 0.3) is 11.3 Å². The number of pyridine rings is 1. The molecule has 9 heteroatoms. The molecule has 4 aromatic rings. The Morgan fingerprint density at radius 1 is 1.03 bits per heavy atom. The number of carbonyl (C=O) groups is 2. The van der Waals surface area contributed by atoms with E-state index >= 15 is 4.39 Å². The Labute approximate surface area is 223 Å². The van der Waals surface area contributed by atoms with E-state index in [2.05, 4.69) is 19.9 Å². The first-order valence-corrected chi connectivity index (χ1v) is 12.4. The van der Waals surface area contributed by atoms with Gasteiger partial charge < -0.3 is 5.73 Å². The average Bonchev–Trinajstić information content (AvgIpc) is 3.42. The van der Waals surface area contributed by atoms with Crippen molar-refractivity contribution in [3.05, 3.63) is 106 Å². The molecular formula is C30H25F2N5O2. The largest absolute Gasteiger partial charge is 0.369 e. The molecule has 1 amide bonds. The number of hydrogen-bond donors (Lipinski definition) is 1. The van der Waals surface area contributed by atoms with Gasteiger partial charge in [0.15, 0.2) is 5.78 Å². The third-order valence-corrected chi connectivity index (χ3v) is 7.03. The third-order valence-electron chi connectivity index (χ3n) is 7.03. The predicted molar refractivity (Wildman–Crippen MR) is 143 cm³/mol. The summed E-state index contributed by atoms with van der Waals surface area (Å²) in [6.07, 6.45) is 4.87. The standard InChI is InChI=1S/C30H25F2N5O2/c1-30(2,29(33)39)19-6-3-5-17(13-19)25(38)14-18-8-9-22(31)21(26(18)32)15-24-20(7-4-11-34-24)27-28-23(10-12-35-28)36-16-37-27/h3-9,11-13,16H,10,14-15H2,1-2H3,(H2,33,39). The highest BCUT2D eigenvalue weighted by molar-refractivity contribution is 5.98. The van der Waals surface area contributed by atoms with Crippen molar-refractivity contribution in [1.82, 2.24) is 15.0 Å². The molecule has 1 aliphatic rings. The number of amides is 1. The van der Waals surface area contributed by atoms with Gasteiger partial charge in [-0.3, -0.25) is 19.6 Å². The van der Waals surface area contributed by atoms with Crippen molar-refractivity contribution in [2.45, 2.75) is 38.5 Å². The molecule has 2 aromatic carbocycles. The lowest BCUT2D eigenvalue weighted by Crippen LogP contribution is -2.35. The summed E-state index contributed by atoms with van der Waals surface area (Å²) in [5.74, 6) is -2.45. The first kappa shape index (κ1) is 26.0. The van der Waals surface area contributed by atoms with Gasteiger partial charge in [-0.1, -0.05) is 24.3 Å². The van der Waals surface area contributed by atoms with Gasteiger partial charge in [-0.05, 0) is 49.2 Å². The van der Waals surface area contributed by atoms with Crippen LogP contribution in [0.2, 0.25) is 0 Å². The number of ketones is 1. The van der Waals surface area contributed by atoms with E-state index in [1.54, 1.807) is 62.7 Å². The zero-order chi connectivity index (χ0) is 27.7. The number of rotatable bonds is 8. The molecule has 0 fully saturated rings. The summed E-state index contributed by atoms with van der Waals surface area (Å²) in [6, 6.07) is 12.5. The van der Waals surface area contributed by atoms with Gasteiger partial charge in [0.05, 0.1) is 16.8 Å². The highest BCUT2D eigenvalue weighted by atomic mass is 19.1. The molecule has 2 aromatic heterocycles. The van der Waals surface area contributed by atoms with E-state index in [1.165, 1.54) is 12.4 Å². The summed E-state index contributed by atoms with van der Waals surface area (Å²) >= 11 is 0. The van der Waals surface area contributed by atoms with Crippen molar-refractivity contribution in [1.29, 1.82) is 0 Å². The normalized spacial score (nSPS) is 12.4. The second-order valence-corrected chi connectivity index (χ2v) is 9.88. The Bertz CT molecular complexity index is 1650. The van der Waals surface area contributed by atoms with Crippen LogP contribution in [0.4, 0.5) is 14.5 Å². The molecule has 39 heavy (non-hydrogen) atoms. The minimum atomic E-state index is -0.986. The van der Waals surface area contributed by atoms with Crippen molar-refractivity contribution in [2.75, 3.05) is 0 Å². The molecule has 0 spiro atoms. The fourth-order valence-corrected chi connectivity index (χ4v) is 4.53. The monoisotopic (exact) mass is 525 g/mol. The van der Waals surface area contributed by atoms with Gasteiger partial charge in [0, 0.05) is 48.4 Å². The van der Waals surface area contributed by atoms with Gasteiger partial charge in [-0.15, -0.1) is 0 Å². The van der Waals surface area contributed by atoms with E-state index < -0.39 is 23.0 Å². The second-order valence-electron chi connectivity index (χ2n) is 9.88. The van der Waals surface area contributed by atoms with E-state index in [0.717, 1.165) is 11.8 Å². The lowest BCUT2D eigenvalue weighted by molar-refractivity contribution is -0.122. The number of Topliss-reactive ketones (excluding diaryl/α,β-unsaturated/α-hetero) is 1. The zero-order valence-corrected chi connectivity index (χ0v) is 21.4. The Morgan fingerprint density at radius 2 is 1.85 bits per heavy atom. The van der Waals surface area contributed by atoms with Crippen LogP contribution in [0.1, 0.15) is 52.3 Å². The summed E-state index contributed by atoms with van der Waals surface area (Å²) in [6.45, 7) is 3.33. The minimum absolute atomic E-state index is 0.0565. The third kappa shape index (κ3) is 4.95. The number of nitrogens with zero attached hydrogens (tertiary/aromatic N) is 4.